The highest BCUT2D eigenvalue weighted by Crippen LogP contribution is 2.36. The SMILES string of the molecule is C=CC1CCC(c2ccc(COC(F)(F)Cc3ccc(CC/C=C/C)cc3)c(F)c2)CC1. The fourth-order valence-electron chi connectivity index (χ4n) is 4.34. The van der Waals surface area contributed by atoms with Gasteiger partial charge in [-0.05, 0) is 80.0 Å². The molecule has 0 heterocycles. The van der Waals surface area contributed by atoms with Crippen LogP contribution >= 0.6 is 0 Å². The van der Waals surface area contributed by atoms with E-state index in [2.05, 4.69) is 12.7 Å². The van der Waals surface area contributed by atoms with Gasteiger partial charge in [0, 0.05) is 5.56 Å². The number of benzene rings is 2. The van der Waals surface area contributed by atoms with Crippen LogP contribution in [0.4, 0.5) is 13.2 Å². The fourth-order valence-corrected chi connectivity index (χ4v) is 4.34. The zero-order chi connectivity index (χ0) is 23.0. The summed E-state index contributed by atoms with van der Waals surface area (Å²) >= 11 is 0. The molecule has 172 valence electrons. The van der Waals surface area contributed by atoms with Crippen LogP contribution in [-0.2, 0) is 24.2 Å². The van der Waals surface area contributed by atoms with E-state index in [4.69, 9.17) is 4.74 Å². The minimum atomic E-state index is -3.36. The fraction of sp³-hybridized carbons (Fsp3) is 0.429. The Kier molecular flexibility index (Phi) is 8.75. The first kappa shape index (κ1) is 24.3. The molecule has 4 heteroatoms. The smallest absolute Gasteiger partial charge is 0.315 e. The summed E-state index contributed by atoms with van der Waals surface area (Å²) in [6.45, 7) is 5.37. The van der Waals surface area contributed by atoms with Gasteiger partial charge in [-0.3, -0.25) is 0 Å². The van der Waals surface area contributed by atoms with Gasteiger partial charge < -0.3 is 4.74 Å². The van der Waals surface area contributed by atoms with Crippen molar-refractivity contribution in [2.75, 3.05) is 0 Å². The molecule has 0 aromatic heterocycles. The van der Waals surface area contributed by atoms with E-state index in [-0.39, 0.29) is 5.56 Å². The van der Waals surface area contributed by atoms with Crippen molar-refractivity contribution in [1.82, 2.24) is 0 Å². The maximum Gasteiger partial charge on any atom is 0.360 e. The van der Waals surface area contributed by atoms with E-state index in [1.807, 2.05) is 37.3 Å². The quantitative estimate of drug-likeness (QED) is 0.337. The standard InChI is InChI=1S/C28H33F3O/c1-3-5-6-7-22-8-10-23(11-9-22)19-28(30,31)32-20-26-17-16-25(18-27(26)29)24-14-12-21(4-2)13-15-24/h3-5,8-11,16-18,21,24H,2,6-7,12-15,19-20H2,1H3/b5-3+. The van der Waals surface area contributed by atoms with Crippen molar-refractivity contribution in [2.24, 2.45) is 5.92 Å². The summed E-state index contributed by atoms with van der Waals surface area (Å²) in [4.78, 5) is 0. The van der Waals surface area contributed by atoms with E-state index in [1.54, 1.807) is 18.2 Å². The Labute approximate surface area is 190 Å². The summed E-state index contributed by atoms with van der Waals surface area (Å²) in [5.74, 6) is 0.383. The molecule has 0 N–H and O–H groups in total. The highest BCUT2D eigenvalue weighted by atomic mass is 19.3. The van der Waals surface area contributed by atoms with Crippen LogP contribution < -0.4 is 0 Å². The molecule has 1 aliphatic carbocycles. The van der Waals surface area contributed by atoms with Gasteiger partial charge in [-0.15, -0.1) is 6.58 Å². The van der Waals surface area contributed by atoms with Crippen LogP contribution in [0.15, 0.2) is 67.3 Å². The second-order valence-electron chi connectivity index (χ2n) is 8.73. The lowest BCUT2D eigenvalue weighted by Gasteiger charge is -2.27. The van der Waals surface area contributed by atoms with Gasteiger partial charge in [-0.25, -0.2) is 4.39 Å². The molecule has 0 amide bonds. The number of hydrogen-bond acceptors (Lipinski definition) is 1. The monoisotopic (exact) mass is 442 g/mol. The van der Waals surface area contributed by atoms with E-state index in [1.165, 1.54) is 6.07 Å². The molecule has 2 aromatic rings. The van der Waals surface area contributed by atoms with Gasteiger partial charge in [0.1, 0.15) is 5.82 Å². The highest BCUT2D eigenvalue weighted by molar-refractivity contribution is 5.27. The van der Waals surface area contributed by atoms with E-state index in [9.17, 15) is 13.2 Å². The first-order valence-corrected chi connectivity index (χ1v) is 11.5. The molecular weight excluding hydrogens is 409 g/mol. The van der Waals surface area contributed by atoms with Crippen LogP contribution in [0, 0.1) is 11.7 Å². The molecule has 0 aliphatic heterocycles. The summed E-state index contributed by atoms with van der Waals surface area (Å²) < 4.78 is 48.1. The number of hydrogen-bond donors (Lipinski definition) is 0. The summed E-state index contributed by atoms with van der Waals surface area (Å²) in [6, 6.07) is 12.1. The highest BCUT2D eigenvalue weighted by Gasteiger charge is 2.31. The maximum absolute atomic E-state index is 14.6. The largest absolute Gasteiger partial charge is 0.360 e. The topological polar surface area (TPSA) is 9.23 Å². The first-order valence-electron chi connectivity index (χ1n) is 11.5. The molecule has 0 bridgehead atoms. The molecule has 1 aliphatic rings. The van der Waals surface area contributed by atoms with E-state index in [0.717, 1.165) is 49.7 Å². The van der Waals surface area contributed by atoms with Gasteiger partial charge in [0.25, 0.3) is 0 Å². The van der Waals surface area contributed by atoms with E-state index >= 15 is 0 Å². The minimum Gasteiger partial charge on any atom is -0.315 e. The predicted octanol–water partition coefficient (Wildman–Crippen LogP) is 8.15. The number of ether oxygens (including phenoxy) is 1. The molecule has 0 radical (unpaired) electrons. The van der Waals surface area contributed by atoms with Gasteiger partial charge >= 0.3 is 6.11 Å². The Hall–Kier alpha value is -2.33. The maximum atomic E-state index is 14.6. The summed E-state index contributed by atoms with van der Waals surface area (Å²) in [5.41, 5.74) is 2.70. The third-order valence-electron chi connectivity index (χ3n) is 6.36. The van der Waals surface area contributed by atoms with Crippen molar-refractivity contribution >= 4 is 0 Å². The summed E-state index contributed by atoms with van der Waals surface area (Å²) in [5, 5.41) is 0. The van der Waals surface area contributed by atoms with Crippen LogP contribution in [0.5, 0.6) is 0 Å². The second-order valence-corrected chi connectivity index (χ2v) is 8.73. The Morgan fingerprint density at radius 1 is 1.03 bits per heavy atom. The van der Waals surface area contributed by atoms with E-state index < -0.39 is 25.0 Å². The van der Waals surface area contributed by atoms with Crippen LogP contribution in [0.1, 0.15) is 67.2 Å². The Balaban J connectivity index is 1.53. The van der Waals surface area contributed by atoms with Crippen molar-refractivity contribution < 1.29 is 17.9 Å². The Morgan fingerprint density at radius 3 is 2.34 bits per heavy atom. The summed E-state index contributed by atoms with van der Waals surface area (Å²) in [7, 11) is 0. The number of halogens is 3. The van der Waals surface area contributed by atoms with Gasteiger partial charge in [-0.2, -0.15) is 8.78 Å². The lowest BCUT2D eigenvalue weighted by Crippen LogP contribution is -2.24. The lowest BCUT2D eigenvalue weighted by molar-refractivity contribution is -0.244. The lowest BCUT2D eigenvalue weighted by atomic mass is 9.78. The Bertz CT molecular complexity index is 893. The van der Waals surface area contributed by atoms with Gasteiger partial charge in [-0.1, -0.05) is 54.6 Å². The molecule has 0 atom stereocenters. The van der Waals surface area contributed by atoms with Crippen molar-refractivity contribution in [3.8, 4) is 0 Å². The van der Waals surface area contributed by atoms with Gasteiger partial charge in [0.15, 0.2) is 0 Å². The van der Waals surface area contributed by atoms with Crippen LogP contribution in [0.2, 0.25) is 0 Å². The van der Waals surface area contributed by atoms with Gasteiger partial charge in [0.05, 0.1) is 13.0 Å². The number of allylic oxidation sites excluding steroid dienone is 3. The summed E-state index contributed by atoms with van der Waals surface area (Å²) in [6.07, 6.45) is 8.10. The molecule has 0 saturated heterocycles. The molecule has 1 saturated carbocycles. The van der Waals surface area contributed by atoms with Crippen LogP contribution in [0.3, 0.4) is 0 Å². The molecular formula is C28H33F3O. The van der Waals surface area contributed by atoms with E-state index in [0.29, 0.717) is 17.4 Å². The third-order valence-corrected chi connectivity index (χ3v) is 6.36. The molecule has 2 aromatic carbocycles. The second kappa shape index (κ2) is 11.5. The number of rotatable bonds is 10. The first-order chi connectivity index (χ1) is 15.4. The Morgan fingerprint density at radius 2 is 1.72 bits per heavy atom. The van der Waals surface area contributed by atoms with Gasteiger partial charge in [0.2, 0.25) is 0 Å². The molecule has 32 heavy (non-hydrogen) atoms. The molecule has 3 rings (SSSR count). The number of alkyl halides is 2. The average molecular weight is 443 g/mol. The zero-order valence-electron chi connectivity index (χ0n) is 18.8. The van der Waals surface area contributed by atoms with Crippen LogP contribution in [-0.4, -0.2) is 6.11 Å². The molecule has 1 nitrogen and oxygen atoms in total. The molecule has 0 unspecified atom stereocenters. The minimum absolute atomic E-state index is 0.160. The third kappa shape index (κ3) is 7.09. The van der Waals surface area contributed by atoms with Crippen molar-refractivity contribution in [3.63, 3.8) is 0 Å². The average Bonchev–Trinajstić information content (AvgIpc) is 2.79. The zero-order valence-corrected chi connectivity index (χ0v) is 18.8. The van der Waals surface area contributed by atoms with Crippen molar-refractivity contribution in [2.45, 2.75) is 70.5 Å². The molecule has 0 spiro atoms. The molecule has 1 fully saturated rings. The number of aryl methyl sites for hydroxylation is 1. The predicted molar refractivity (Wildman–Crippen MR) is 124 cm³/mol. The van der Waals surface area contributed by atoms with Crippen molar-refractivity contribution in [1.29, 1.82) is 0 Å². The normalized spacial score (nSPS) is 19.4. The van der Waals surface area contributed by atoms with Crippen LogP contribution in [0.25, 0.3) is 0 Å². The van der Waals surface area contributed by atoms with Crippen molar-refractivity contribution in [3.05, 3.63) is 95.3 Å².